The summed E-state index contributed by atoms with van der Waals surface area (Å²) in [5, 5.41) is 19.2. The van der Waals surface area contributed by atoms with Crippen molar-refractivity contribution in [2.45, 2.75) is 13.0 Å². The summed E-state index contributed by atoms with van der Waals surface area (Å²) in [7, 11) is 3.04. The van der Waals surface area contributed by atoms with Crippen LogP contribution in [-0.4, -0.2) is 41.2 Å². The molecule has 1 atom stereocenters. The van der Waals surface area contributed by atoms with E-state index in [1.54, 1.807) is 79.7 Å². The third kappa shape index (κ3) is 4.20. The molecule has 0 radical (unpaired) electrons. The average molecular weight is 498 g/mol. The number of hydrogen-bond donors (Lipinski definition) is 1. The number of ether oxygens (including phenoxy) is 2. The summed E-state index contributed by atoms with van der Waals surface area (Å²) in [5.41, 5.74) is 1.99. The van der Waals surface area contributed by atoms with Gasteiger partial charge in [0, 0.05) is 29.3 Å². The number of carbonyl (C=O) groups excluding carboxylic acids is 2. The average Bonchev–Trinajstić information content (AvgIpc) is 3.49. The first-order chi connectivity index (χ1) is 17.9. The standard InChI is InChI=1S/C28H23N3O6/c1-16-29-30-27(37-16)18-8-12-19(13-9-18)31-24(21-6-4-5-7-22(21)36-3)23(26(33)28(31)34)25(32)17-10-14-20(35-2)15-11-17/h4-15,24,32H,1-3H3. The first-order valence-corrected chi connectivity index (χ1v) is 11.4. The van der Waals surface area contributed by atoms with Crippen molar-refractivity contribution < 1.29 is 28.6 Å². The number of aryl methyl sites for hydroxylation is 1. The number of Topliss-reactive ketones (excluding diaryl/α,β-unsaturated/α-hetero) is 1. The normalized spacial score (nSPS) is 16.7. The molecule has 1 aromatic heterocycles. The van der Waals surface area contributed by atoms with Gasteiger partial charge in [-0.1, -0.05) is 18.2 Å². The topological polar surface area (TPSA) is 115 Å². The zero-order chi connectivity index (χ0) is 26.1. The van der Waals surface area contributed by atoms with Crippen LogP contribution in [0.2, 0.25) is 0 Å². The smallest absolute Gasteiger partial charge is 0.300 e. The molecule has 186 valence electrons. The summed E-state index contributed by atoms with van der Waals surface area (Å²) in [6, 6.07) is 19.6. The first kappa shape index (κ1) is 23.8. The van der Waals surface area contributed by atoms with E-state index in [1.165, 1.54) is 19.1 Å². The molecule has 9 heteroatoms. The molecule has 0 spiro atoms. The van der Waals surface area contributed by atoms with E-state index in [4.69, 9.17) is 13.9 Å². The highest BCUT2D eigenvalue weighted by molar-refractivity contribution is 6.51. The van der Waals surface area contributed by atoms with Crippen molar-refractivity contribution >= 4 is 23.1 Å². The molecule has 1 fully saturated rings. The van der Waals surface area contributed by atoms with Gasteiger partial charge in [-0.25, -0.2) is 0 Å². The minimum absolute atomic E-state index is 0.0451. The van der Waals surface area contributed by atoms with Crippen molar-refractivity contribution in [3.05, 3.63) is 95.4 Å². The Morgan fingerprint density at radius 2 is 1.62 bits per heavy atom. The van der Waals surface area contributed by atoms with Gasteiger partial charge in [-0.3, -0.25) is 14.5 Å². The second-order valence-electron chi connectivity index (χ2n) is 8.31. The largest absolute Gasteiger partial charge is 0.507 e. The molecule has 1 aliphatic heterocycles. The third-order valence-electron chi connectivity index (χ3n) is 6.16. The number of benzene rings is 3. The van der Waals surface area contributed by atoms with Crippen molar-refractivity contribution in [2.75, 3.05) is 19.1 Å². The van der Waals surface area contributed by atoms with Crippen LogP contribution in [0.15, 0.2) is 82.8 Å². The van der Waals surface area contributed by atoms with Gasteiger partial charge in [0.25, 0.3) is 11.7 Å². The molecule has 2 heterocycles. The lowest BCUT2D eigenvalue weighted by molar-refractivity contribution is -0.132. The Bertz CT molecular complexity index is 1510. The van der Waals surface area contributed by atoms with Crippen LogP contribution in [0.5, 0.6) is 11.5 Å². The first-order valence-electron chi connectivity index (χ1n) is 11.4. The van der Waals surface area contributed by atoms with Crippen molar-refractivity contribution in [1.82, 2.24) is 10.2 Å². The van der Waals surface area contributed by atoms with Gasteiger partial charge in [0.05, 0.1) is 25.8 Å². The zero-order valence-corrected chi connectivity index (χ0v) is 20.3. The second-order valence-corrected chi connectivity index (χ2v) is 8.31. The predicted octanol–water partition coefficient (Wildman–Crippen LogP) is 4.69. The van der Waals surface area contributed by atoms with E-state index in [9.17, 15) is 14.7 Å². The molecule has 0 bridgehead atoms. The molecule has 1 aliphatic rings. The van der Waals surface area contributed by atoms with Gasteiger partial charge in [0.15, 0.2) is 0 Å². The molecule has 1 unspecified atom stereocenters. The number of aromatic nitrogens is 2. The number of rotatable bonds is 6. The molecule has 37 heavy (non-hydrogen) atoms. The predicted molar refractivity (Wildman–Crippen MR) is 135 cm³/mol. The summed E-state index contributed by atoms with van der Waals surface area (Å²) < 4.78 is 16.2. The van der Waals surface area contributed by atoms with E-state index >= 15 is 0 Å². The summed E-state index contributed by atoms with van der Waals surface area (Å²) in [6.07, 6.45) is 0. The van der Waals surface area contributed by atoms with E-state index in [2.05, 4.69) is 10.2 Å². The van der Waals surface area contributed by atoms with E-state index in [0.29, 0.717) is 45.7 Å². The highest BCUT2D eigenvalue weighted by Crippen LogP contribution is 2.45. The number of hydrogen-bond acceptors (Lipinski definition) is 8. The monoisotopic (exact) mass is 497 g/mol. The van der Waals surface area contributed by atoms with Crippen molar-refractivity contribution in [3.8, 4) is 23.0 Å². The third-order valence-corrected chi connectivity index (χ3v) is 6.16. The van der Waals surface area contributed by atoms with Crippen LogP contribution in [0, 0.1) is 6.92 Å². The maximum atomic E-state index is 13.4. The Hall–Kier alpha value is -4.92. The lowest BCUT2D eigenvalue weighted by Gasteiger charge is -2.26. The molecule has 9 nitrogen and oxygen atoms in total. The van der Waals surface area contributed by atoms with E-state index in [0.717, 1.165) is 0 Å². The molecule has 3 aromatic carbocycles. The minimum Gasteiger partial charge on any atom is -0.507 e. The molecule has 0 aliphatic carbocycles. The summed E-state index contributed by atoms with van der Waals surface area (Å²) >= 11 is 0. The highest BCUT2D eigenvalue weighted by Gasteiger charge is 2.47. The van der Waals surface area contributed by atoms with Crippen LogP contribution < -0.4 is 14.4 Å². The van der Waals surface area contributed by atoms with E-state index in [-0.39, 0.29) is 11.3 Å². The van der Waals surface area contributed by atoms with Crippen molar-refractivity contribution in [2.24, 2.45) is 0 Å². The fraction of sp³-hybridized carbons (Fsp3) is 0.143. The summed E-state index contributed by atoms with van der Waals surface area (Å²) in [6.45, 7) is 1.69. The number of amides is 1. The number of para-hydroxylation sites is 1. The van der Waals surface area contributed by atoms with Gasteiger partial charge in [-0.2, -0.15) is 0 Å². The Balaban J connectivity index is 1.66. The molecular weight excluding hydrogens is 474 g/mol. The quantitative estimate of drug-likeness (QED) is 0.232. The van der Waals surface area contributed by atoms with Gasteiger partial charge in [0.1, 0.15) is 17.3 Å². The number of ketones is 1. The van der Waals surface area contributed by atoms with Crippen LogP contribution in [0.4, 0.5) is 5.69 Å². The van der Waals surface area contributed by atoms with Gasteiger partial charge >= 0.3 is 0 Å². The Labute approximate surface area is 212 Å². The molecule has 4 aromatic rings. The maximum Gasteiger partial charge on any atom is 0.300 e. The SMILES string of the molecule is COc1ccc(C(O)=C2C(=O)C(=O)N(c3ccc(-c4nnc(C)o4)cc3)C2c2ccccc2OC)cc1. The van der Waals surface area contributed by atoms with Gasteiger partial charge in [0.2, 0.25) is 11.8 Å². The van der Waals surface area contributed by atoms with E-state index in [1.807, 2.05) is 0 Å². The lowest BCUT2D eigenvalue weighted by Crippen LogP contribution is -2.29. The van der Waals surface area contributed by atoms with Crippen LogP contribution in [0.25, 0.3) is 17.2 Å². The maximum absolute atomic E-state index is 13.4. The second kappa shape index (κ2) is 9.62. The summed E-state index contributed by atoms with van der Waals surface area (Å²) in [4.78, 5) is 28.2. The number of anilines is 1. The van der Waals surface area contributed by atoms with Crippen LogP contribution in [0.3, 0.4) is 0 Å². The lowest BCUT2D eigenvalue weighted by atomic mass is 9.94. The Kier molecular flexibility index (Phi) is 6.19. The van der Waals surface area contributed by atoms with Crippen molar-refractivity contribution in [1.29, 1.82) is 0 Å². The van der Waals surface area contributed by atoms with Gasteiger partial charge in [-0.15, -0.1) is 10.2 Å². The zero-order valence-electron chi connectivity index (χ0n) is 20.3. The number of aliphatic hydroxyl groups is 1. The number of carbonyl (C=O) groups is 2. The number of aliphatic hydroxyl groups excluding tert-OH is 1. The van der Waals surface area contributed by atoms with Crippen LogP contribution >= 0.6 is 0 Å². The summed E-state index contributed by atoms with van der Waals surface area (Å²) in [5.74, 6) is -0.0374. The molecule has 1 amide bonds. The van der Waals surface area contributed by atoms with E-state index < -0.39 is 17.7 Å². The fourth-order valence-corrected chi connectivity index (χ4v) is 4.37. The van der Waals surface area contributed by atoms with Gasteiger partial charge < -0.3 is 19.0 Å². The number of nitrogens with zero attached hydrogens (tertiary/aromatic N) is 3. The molecular formula is C28H23N3O6. The molecule has 1 N–H and O–H groups in total. The Morgan fingerprint density at radius 1 is 0.919 bits per heavy atom. The molecule has 5 rings (SSSR count). The fourth-order valence-electron chi connectivity index (χ4n) is 4.37. The van der Waals surface area contributed by atoms with Crippen molar-refractivity contribution in [3.63, 3.8) is 0 Å². The van der Waals surface area contributed by atoms with Gasteiger partial charge in [-0.05, 0) is 54.6 Å². The van der Waals surface area contributed by atoms with Crippen LogP contribution in [0.1, 0.15) is 23.1 Å². The highest BCUT2D eigenvalue weighted by atomic mass is 16.5. The Morgan fingerprint density at radius 3 is 2.24 bits per heavy atom. The number of methoxy groups -OCH3 is 2. The minimum atomic E-state index is -0.935. The molecule has 0 saturated carbocycles. The molecule has 1 saturated heterocycles. The van der Waals surface area contributed by atoms with Crippen LogP contribution in [-0.2, 0) is 9.59 Å².